The maximum atomic E-state index is 11.9. The Morgan fingerprint density at radius 3 is 2.59 bits per heavy atom. The average Bonchev–Trinajstić information content (AvgIpc) is 2.93. The second-order valence-corrected chi connectivity index (χ2v) is 4.57. The van der Waals surface area contributed by atoms with Crippen molar-refractivity contribution in [1.82, 2.24) is 10.2 Å². The Bertz CT molecular complexity index is 294. The van der Waals surface area contributed by atoms with Crippen molar-refractivity contribution in [3.05, 3.63) is 0 Å². The second-order valence-electron chi connectivity index (χ2n) is 4.57. The molecule has 1 heterocycles. The van der Waals surface area contributed by atoms with Crippen molar-refractivity contribution < 1.29 is 9.59 Å². The van der Waals surface area contributed by atoms with E-state index < -0.39 is 0 Å². The molecule has 2 rings (SSSR count). The molecule has 2 aliphatic rings. The summed E-state index contributed by atoms with van der Waals surface area (Å²) in [6.45, 7) is 1.05. The molecule has 2 amide bonds. The summed E-state index contributed by atoms with van der Waals surface area (Å²) in [5.41, 5.74) is 5.36. The highest BCUT2D eigenvalue weighted by molar-refractivity contribution is 5.88. The molecule has 1 unspecified atom stereocenters. The van der Waals surface area contributed by atoms with Gasteiger partial charge in [0.1, 0.15) is 6.04 Å². The predicted molar refractivity (Wildman–Crippen MR) is 66.8 cm³/mol. The number of halogens is 1. The second kappa shape index (κ2) is 6.21. The number of amides is 2. The smallest absolute Gasteiger partial charge is 0.243 e. The Kier molecular flexibility index (Phi) is 5.21. The van der Waals surface area contributed by atoms with Crippen LogP contribution in [-0.2, 0) is 9.59 Å². The minimum atomic E-state index is -0.250. The van der Waals surface area contributed by atoms with Gasteiger partial charge in [-0.25, -0.2) is 0 Å². The molecule has 1 atom stereocenters. The molecule has 0 aromatic carbocycles. The van der Waals surface area contributed by atoms with Gasteiger partial charge in [-0.15, -0.1) is 12.4 Å². The summed E-state index contributed by atoms with van der Waals surface area (Å²) in [6, 6.07) is 0.110. The van der Waals surface area contributed by atoms with E-state index in [1.807, 2.05) is 0 Å². The molecule has 3 N–H and O–H groups in total. The van der Waals surface area contributed by atoms with E-state index in [9.17, 15) is 9.59 Å². The van der Waals surface area contributed by atoms with Crippen LogP contribution < -0.4 is 11.1 Å². The van der Waals surface area contributed by atoms with Gasteiger partial charge in [-0.1, -0.05) is 0 Å². The van der Waals surface area contributed by atoms with Gasteiger partial charge in [0.2, 0.25) is 11.8 Å². The summed E-state index contributed by atoms with van der Waals surface area (Å²) in [4.78, 5) is 25.3. The fourth-order valence-electron chi connectivity index (χ4n) is 2.13. The summed E-state index contributed by atoms with van der Waals surface area (Å²) < 4.78 is 0. The van der Waals surface area contributed by atoms with Crippen LogP contribution in [0.5, 0.6) is 0 Å². The number of nitrogens with two attached hydrogens (primary N) is 1. The lowest BCUT2D eigenvalue weighted by atomic mass is 10.2. The summed E-state index contributed by atoms with van der Waals surface area (Å²) in [7, 11) is 0. The fraction of sp³-hybridized carbons (Fsp3) is 0.818. The number of carbonyl (C=O) groups is 2. The van der Waals surface area contributed by atoms with Crippen molar-refractivity contribution in [2.24, 2.45) is 5.73 Å². The zero-order valence-electron chi connectivity index (χ0n) is 9.85. The first kappa shape index (κ1) is 14.3. The van der Waals surface area contributed by atoms with Crippen molar-refractivity contribution in [2.75, 3.05) is 13.1 Å². The van der Waals surface area contributed by atoms with Crippen molar-refractivity contribution in [3.8, 4) is 0 Å². The Balaban J connectivity index is 0.00000144. The normalized spacial score (nSPS) is 23.1. The molecule has 1 aliphatic heterocycles. The Hall–Kier alpha value is -0.810. The van der Waals surface area contributed by atoms with Gasteiger partial charge >= 0.3 is 0 Å². The molecule has 0 spiro atoms. The van der Waals surface area contributed by atoms with Gasteiger partial charge in [-0.3, -0.25) is 9.59 Å². The summed E-state index contributed by atoms with van der Waals surface area (Å²) in [5, 5.41) is 2.96. The highest BCUT2D eigenvalue weighted by atomic mass is 35.5. The van der Waals surface area contributed by atoms with E-state index >= 15 is 0 Å². The highest BCUT2D eigenvalue weighted by Crippen LogP contribution is 2.22. The van der Waals surface area contributed by atoms with E-state index in [2.05, 4.69) is 5.32 Å². The number of likely N-dealkylation sites (tertiary alicyclic amines) is 1. The van der Waals surface area contributed by atoms with Gasteiger partial charge in [0, 0.05) is 25.6 Å². The van der Waals surface area contributed by atoms with Crippen LogP contribution >= 0.6 is 12.4 Å². The third-order valence-electron chi connectivity index (χ3n) is 3.16. The molecule has 0 radical (unpaired) electrons. The summed E-state index contributed by atoms with van der Waals surface area (Å²) >= 11 is 0. The first-order chi connectivity index (χ1) is 7.72. The SMILES string of the molecule is Cl.NCCC(=O)N1CCCC1C(=O)NC1CC1. The fourth-order valence-corrected chi connectivity index (χ4v) is 2.13. The van der Waals surface area contributed by atoms with E-state index in [4.69, 9.17) is 5.73 Å². The van der Waals surface area contributed by atoms with Crippen LogP contribution in [0.15, 0.2) is 0 Å². The van der Waals surface area contributed by atoms with Gasteiger partial charge in [0.25, 0.3) is 0 Å². The molecule has 17 heavy (non-hydrogen) atoms. The van der Waals surface area contributed by atoms with Gasteiger partial charge in [-0.2, -0.15) is 0 Å². The van der Waals surface area contributed by atoms with Crippen LogP contribution in [0.25, 0.3) is 0 Å². The summed E-state index contributed by atoms with van der Waals surface area (Å²) in [5.74, 6) is 0.0290. The van der Waals surface area contributed by atoms with Crippen LogP contribution in [0.1, 0.15) is 32.1 Å². The predicted octanol–water partition coefficient (Wildman–Crippen LogP) is 0.0266. The van der Waals surface area contributed by atoms with Crippen molar-refractivity contribution in [2.45, 2.75) is 44.2 Å². The zero-order chi connectivity index (χ0) is 11.5. The van der Waals surface area contributed by atoms with E-state index in [1.165, 1.54) is 0 Å². The highest BCUT2D eigenvalue weighted by Gasteiger charge is 2.35. The standard InChI is InChI=1S/C11H19N3O2.ClH/c12-6-5-10(15)14-7-1-2-9(14)11(16)13-8-3-4-8;/h8-9H,1-7,12H2,(H,13,16);1H. The Morgan fingerprint density at radius 2 is 2.00 bits per heavy atom. The molecular formula is C11H20ClN3O2. The molecule has 6 heteroatoms. The molecule has 98 valence electrons. The monoisotopic (exact) mass is 261 g/mol. The van der Waals surface area contributed by atoms with Crippen LogP contribution in [0.4, 0.5) is 0 Å². The lowest BCUT2D eigenvalue weighted by molar-refractivity contribution is -0.138. The third-order valence-corrected chi connectivity index (χ3v) is 3.16. The van der Waals surface area contributed by atoms with E-state index in [0.29, 0.717) is 25.6 Å². The molecule has 1 saturated carbocycles. The van der Waals surface area contributed by atoms with Gasteiger partial charge in [0.05, 0.1) is 0 Å². The lowest BCUT2D eigenvalue weighted by Gasteiger charge is -2.23. The van der Waals surface area contributed by atoms with Crippen LogP contribution in [0.2, 0.25) is 0 Å². The van der Waals surface area contributed by atoms with E-state index in [-0.39, 0.29) is 30.3 Å². The minimum Gasteiger partial charge on any atom is -0.352 e. The van der Waals surface area contributed by atoms with Crippen molar-refractivity contribution >= 4 is 24.2 Å². The third kappa shape index (κ3) is 3.57. The molecule has 0 bridgehead atoms. The molecular weight excluding hydrogens is 242 g/mol. The molecule has 5 nitrogen and oxygen atoms in total. The number of nitrogens with one attached hydrogen (secondary N) is 1. The topological polar surface area (TPSA) is 75.4 Å². The number of rotatable bonds is 4. The van der Waals surface area contributed by atoms with Gasteiger partial charge in [0.15, 0.2) is 0 Å². The zero-order valence-corrected chi connectivity index (χ0v) is 10.7. The van der Waals surface area contributed by atoms with Gasteiger partial charge < -0.3 is 16.0 Å². The first-order valence-corrected chi connectivity index (χ1v) is 6.02. The Morgan fingerprint density at radius 1 is 1.29 bits per heavy atom. The molecule has 2 fully saturated rings. The number of hydrogen-bond donors (Lipinski definition) is 2. The van der Waals surface area contributed by atoms with Crippen LogP contribution in [0.3, 0.4) is 0 Å². The maximum absolute atomic E-state index is 11.9. The number of hydrogen-bond acceptors (Lipinski definition) is 3. The van der Waals surface area contributed by atoms with E-state index in [0.717, 1.165) is 25.7 Å². The maximum Gasteiger partial charge on any atom is 0.243 e. The minimum absolute atomic E-state index is 0. The largest absolute Gasteiger partial charge is 0.352 e. The van der Waals surface area contributed by atoms with Crippen LogP contribution in [-0.4, -0.2) is 41.9 Å². The molecule has 0 aromatic heterocycles. The quantitative estimate of drug-likeness (QED) is 0.750. The molecule has 1 saturated heterocycles. The average molecular weight is 262 g/mol. The number of nitrogens with zero attached hydrogens (tertiary/aromatic N) is 1. The number of carbonyl (C=O) groups excluding carboxylic acids is 2. The lowest BCUT2D eigenvalue weighted by Crippen LogP contribution is -2.46. The molecule has 0 aromatic rings. The first-order valence-electron chi connectivity index (χ1n) is 6.02. The van der Waals surface area contributed by atoms with Crippen LogP contribution in [0, 0.1) is 0 Å². The van der Waals surface area contributed by atoms with Crippen molar-refractivity contribution in [1.29, 1.82) is 0 Å². The molecule has 1 aliphatic carbocycles. The Labute approximate surface area is 108 Å². The van der Waals surface area contributed by atoms with Gasteiger partial charge in [-0.05, 0) is 25.7 Å². The van der Waals surface area contributed by atoms with Crippen molar-refractivity contribution in [3.63, 3.8) is 0 Å². The van der Waals surface area contributed by atoms with E-state index in [1.54, 1.807) is 4.90 Å². The summed E-state index contributed by atoms with van der Waals surface area (Å²) in [6.07, 6.45) is 4.20.